The number of nitrogens with one attached hydrogen (secondary N) is 2. The average molecular weight is 447 g/mol. The minimum Gasteiger partial charge on any atom is -0.406 e. The number of amides is 1. The van der Waals surface area contributed by atoms with Crippen molar-refractivity contribution in [2.75, 3.05) is 13.1 Å². The van der Waals surface area contributed by atoms with Crippen LogP contribution in [0.1, 0.15) is 5.56 Å². The summed E-state index contributed by atoms with van der Waals surface area (Å²) in [6.45, 7) is -0.239. The molecule has 0 aliphatic carbocycles. The van der Waals surface area contributed by atoms with Gasteiger partial charge in [0, 0.05) is 25.2 Å². The zero-order valence-electron chi connectivity index (χ0n) is 15.2. The number of alkyl halides is 3. The highest BCUT2D eigenvalue weighted by Crippen LogP contribution is 2.22. The number of nitrogens with zero attached hydrogens (tertiary/aromatic N) is 1. The second-order valence-corrected chi connectivity index (χ2v) is 7.64. The molecule has 0 heterocycles. The van der Waals surface area contributed by atoms with E-state index in [1.807, 2.05) is 0 Å². The van der Waals surface area contributed by atoms with Crippen molar-refractivity contribution < 1.29 is 36.0 Å². The zero-order valence-corrected chi connectivity index (χ0v) is 16.0. The van der Waals surface area contributed by atoms with E-state index in [0.29, 0.717) is 5.56 Å². The van der Waals surface area contributed by atoms with Crippen molar-refractivity contribution in [1.29, 1.82) is 0 Å². The van der Waals surface area contributed by atoms with Crippen LogP contribution in [0.2, 0.25) is 0 Å². The van der Waals surface area contributed by atoms with Gasteiger partial charge in [-0.2, -0.15) is 0 Å². The summed E-state index contributed by atoms with van der Waals surface area (Å²) in [6, 6.07) is 9.23. The fraction of sp³-hybridized carbons (Fsp3) is 0.235. The first-order valence-electron chi connectivity index (χ1n) is 8.32. The molecule has 0 aliphatic rings. The number of benzene rings is 2. The smallest absolute Gasteiger partial charge is 0.406 e. The van der Waals surface area contributed by atoms with E-state index in [2.05, 4.69) is 14.8 Å². The minimum atomic E-state index is -4.81. The first-order valence-corrected chi connectivity index (χ1v) is 9.80. The van der Waals surface area contributed by atoms with Crippen molar-refractivity contribution in [3.8, 4) is 5.75 Å². The fourth-order valence-corrected chi connectivity index (χ4v) is 3.36. The molecule has 13 heteroatoms. The molecule has 0 atom stereocenters. The molecule has 9 nitrogen and oxygen atoms in total. The molecular weight excluding hydrogens is 431 g/mol. The van der Waals surface area contributed by atoms with Crippen LogP contribution in [0.4, 0.5) is 18.9 Å². The number of rotatable bonds is 9. The van der Waals surface area contributed by atoms with Crippen LogP contribution >= 0.6 is 0 Å². The largest absolute Gasteiger partial charge is 0.573 e. The summed E-state index contributed by atoms with van der Waals surface area (Å²) in [7, 11) is -4.00. The van der Waals surface area contributed by atoms with Gasteiger partial charge < -0.3 is 10.1 Å². The third-order valence-electron chi connectivity index (χ3n) is 3.60. The maximum Gasteiger partial charge on any atom is 0.573 e. The lowest BCUT2D eigenvalue weighted by Gasteiger charge is -2.10. The van der Waals surface area contributed by atoms with Crippen LogP contribution in [0, 0.1) is 10.1 Å². The van der Waals surface area contributed by atoms with Crippen molar-refractivity contribution >= 4 is 21.6 Å². The lowest BCUT2D eigenvalue weighted by atomic mass is 10.1. The van der Waals surface area contributed by atoms with Crippen molar-refractivity contribution in [2.24, 2.45) is 0 Å². The Balaban J connectivity index is 1.80. The highest BCUT2D eigenvalue weighted by atomic mass is 32.2. The van der Waals surface area contributed by atoms with Gasteiger partial charge in [0.15, 0.2) is 0 Å². The van der Waals surface area contributed by atoms with Crippen LogP contribution < -0.4 is 14.8 Å². The second-order valence-electron chi connectivity index (χ2n) is 5.87. The maximum atomic E-state index is 12.1. The summed E-state index contributed by atoms with van der Waals surface area (Å²) < 4.78 is 66.5. The summed E-state index contributed by atoms with van der Waals surface area (Å²) in [5, 5.41) is 13.2. The van der Waals surface area contributed by atoms with Crippen molar-refractivity contribution in [3.63, 3.8) is 0 Å². The SMILES string of the molecule is O=C(Cc1ccc(OC(F)(F)F)cc1)NCCNS(=O)(=O)c1cccc([N+](=O)[O-])c1. The molecule has 0 saturated carbocycles. The Morgan fingerprint density at radius 1 is 1.10 bits per heavy atom. The molecule has 0 spiro atoms. The van der Waals surface area contributed by atoms with Gasteiger partial charge in [0.1, 0.15) is 5.75 Å². The molecule has 2 aromatic rings. The molecule has 30 heavy (non-hydrogen) atoms. The Morgan fingerprint density at radius 3 is 2.37 bits per heavy atom. The highest BCUT2D eigenvalue weighted by molar-refractivity contribution is 7.89. The first kappa shape index (κ1) is 23.1. The molecule has 1 amide bonds. The predicted octanol–water partition coefficient (Wildman–Crippen LogP) is 2.13. The number of non-ortho nitro benzene ring substituents is 1. The Bertz CT molecular complexity index is 1010. The van der Waals surface area contributed by atoms with E-state index in [1.165, 1.54) is 24.3 Å². The summed E-state index contributed by atoms with van der Waals surface area (Å²) in [6.07, 6.45) is -4.94. The van der Waals surface area contributed by atoms with E-state index in [4.69, 9.17) is 0 Å². The summed E-state index contributed by atoms with van der Waals surface area (Å²) >= 11 is 0. The Morgan fingerprint density at radius 2 is 1.77 bits per heavy atom. The third kappa shape index (κ3) is 7.33. The molecule has 2 N–H and O–H groups in total. The molecule has 0 fully saturated rings. The van der Waals surface area contributed by atoms with Crippen LogP contribution in [-0.4, -0.2) is 38.7 Å². The van der Waals surface area contributed by atoms with Gasteiger partial charge in [-0.05, 0) is 23.8 Å². The van der Waals surface area contributed by atoms with Crippen LogP contribution in [0.3, 0.4) is 0 Å². The Labute approximate surface area is 169 Å². The summed E-state index contributed by atoms with van der Waals surface area (Å²) in [4.78, 5) is 21.6. The summed E-state index contributed by atoms with van der Waals surface area (Å²) in [5.74, 6) is -0.892. The number of hydrogen-bond donors (Lipinski definition) is 2. The molecular formula is C17H16F3N3O6S. The van der Waals surface area contributed by atoms with Crippen LogP contribution in [0.25, 0.3) is 0 Å². The minimum absolute atomic E-state index is 0.0672. The van der Waals surface area contributed by atoms with Gasteiger partial charge in [-0.25, -0.2) is 13.1 Å². The number of sulfonamides is 1. The van der Waals surface area contributed by atoms with Gasteiger partial charge in [-0.1, -0.05) is 18.2 Å². The molecule has 162 valence electrons. The van der Waals surface area contributed by atoms with E-state index in [0.717, 1.165) is 24.3 Å². The van der Waals surface area contributed by atoms with Gasteiger partial charge in [-0.3, -0.25) is 14.9 Å². The average Bonchev–Trinajstić information content (AvgIpc) is 2.66. The van der Waals surface area contributed by atoms with Crippen molar-refractivity contribution in [3.05, 3.63) is 64.2 Å². The normalized spacial score (nSPS) is 11.7. The molecule has 2 rings (SSSR count). The number of halogens is 3. The van der Waals surface area contributed by atoms with Crippen LogP contribution in [0.5, 0.6) is 5.75 Å². The van der Waals surface area contributed by atoms with Crippen LogP contribution in [-0.2, 0) is 21.2 Å². The molecule has 0 saturated heterocycles. The molecule has 0 bridgehead atoms. The Kier molecular flexibility index (Phi) is 7.34. The monoisotopic (exact) mass is 447 g/mol. The number of carbonyl (C=O) groups excluding carboxylic acids is 1. The topological polar surface area (TPSA) is 128 Å². The number of carbonyl (C=O) groups is 1. The lowest BCUT2D eigenvalue weighted by Crippen LogP contribution is -2.35. The number of nitro benzene ring substituents is 1. The van der Waals surface area contributed by atoms with Crippen molar-refractivity contribution in [2.45, 2.75) is 17.7 Å². The predicted molar refractivity (Wildman–Crippen MR) is 98.1 cm³/mol. The van der Waals surface area contributed by atoms with E-state index in [1.54, 1.807) is 0 Å². The second kappa shape index (κ2) is 9.54. The zero-order chi connectivity index (χ0) is 22.4. The third-order valence-corrected chi connectivity index (χ3v) is 5.06. The van der Waals surface area contributed by atoms with Crippen molar-refractivity contribution in [1.82, 2.24) is 10.0 Å². The van der Waals surface area contributed by atoms with E-state index in [9.17, 15) is 36.5 Å². The van der Waals surface area contributed by atoms with E-state index < -0.39 is 33.0 Å². The standard InChI is InChI=1S/C17H16F3N3O6S/c18-17(19,20)29-14-6-4-12(5-7-14)10-16(24)21-8-9-22-30(27,28)15-3-1-2-13(11-15)23(25)26/h1-7,11,22H,8-10H2,(H,21,24). The number of hydrogen-bond acceptors (Lipinski definition) is 6. The number of ether oxygens (including phenoxy) is 1. The first-order chi connectivity index (χ1) is 14.0. The van der Waals surface area contributed by atoms with Gasteiger partial charge in [0.25, 0.3) is 5.69 Å². The lowest BCUT2D eigenvalue weighted by molar-refractivity contribution is -0.385. The van der Waals surface area contributed by atoms with Gasteiger partial charge in [0.05, 0.1) is 16.2 Å². The molecule has 0 unspecified atom stereocenters. The highest BCUT2D eigenvalue weighted by Gasteiger charge is 2.30. The number of nitro groups is 1. The van der Waals surface area contributed by atoms with Gasteiger partial charge in [0.2, 0.25) is 15.9 Å². The van der Waals surface area contributed by atoms with Gasteiger partial charge >= 0.3 is 6.36 Å². The molecule has 0 aromatic heterocycles. The molecule has 0 aliphatic heterocycles. The van der Waals surface area contributed by atoms with E-state index in [-0.39, 0.29) is 30.1 Å². The van der Waals surface area contributed by atoms with E-state index >= 15 is 0 Å². The fourth-order valence-electron chi connectivity index (χ4n) is 2.29. The molecule has 2 aromatic carbocycles. The Hall–Kier alpha value is -3.19. The quantitative estimate of drug-likeness (QED) is 0.344. The maximum absolute atomic E-state index is 12.1. The molecule has 0 radical (unpaired) electrons. The van der Waals surface area contributed by atoms with Crippen LogP contribution in [0.15, 0.2) is 53.4 Å². The summed E-state index contributed by atoms with van der Waals surface area (Å²) in [5.41, 5.74) is 0.0528. The van der Waals surface area contributed by atoms with Gasteiger partial charge in [-0.15, -0.1) is 13.2 Å².